The number of oxazole rings is 1. The number of carbonyl (C=O) groups is 1. The predicted octanol–water partition coefficient (Wildman–Crippen LogP) is -0.158. The average Bonchev–Trinajstić information content (AvgIpc) is 2.85. The average molecular weight is 239 g/mol. The van der Waals surface area contributed by atoms with Crippen LogP contribution in [0.15, 0.2) is 10.6 Å². The molecule has 2 heterocycles. The molecule has 1 aliphatic rings. The third kappa shape index (κ3) is 3.28. The fourth-order valence-corrected chi connectivity index (χ4v) is 1.60. The summed E-state index contributed by atoms with van der Waals surface area (Å²) in [7, 11) is 0. The molecule has 17 heavy (non-hydrogen) atoms. The number of rotatable bonds is 4. The Kier molecular flexibility index (Phi) is 4.11. The molecule has 0 spiro atoms. The molecule has 2 rings (SSSR count). The van der Waals surface area contributed by atoms with Crippen molar-refractivity contribution in [3.63, 3.8) is 0 Å². The van der Waals surface area contributed by atoms with E-state index in [4.69, 9.17) is 9.15 Å². The lowest BCUT2D eigenvalue weighted by Gasteiger charge is -2.22. The van der Waals surface area contributed by atoms with Crippen molar-refractivity contribution in [2.75, 3.05) is 19.7 Å². The van der Waals surface area contributed by atoms with Gasteiger partial charge in [-0.1, -0.05) is 6.92 Å². The standard InChI is InChI=1S/C11H17N3O3/c1-2-8-5-13-10(17-8)7-14-11(15)9-6-12-3-4-16-9/h5,9,12H,2-4,6-7H2,1H3,(H,14,15). The summed E-state index contributed by atoms with van der Waals surface area (Å²) in [5, 5.41) is 5.85. The summed E-state index contributed by atoms with van der Waals surface area (Å²) in [5.41, 5.74) is 0. The van der Waals surface area contributed by atoms with E-state index in [1.54, 1.807) is 6.20 Å². The number of ether oxygens (including phenoxy) is 1. The first kappa shape index (κ1) is 12.1. The minimum absolute atomic E-state index is 0.131. The summed E-state index contributed by atoms with van der Waals surface area (Å²) in [4.78, 5) is 15.8. The predicted molar refractivity (Wildman–Crippen MR) is 60.3 cm³/mol. The molecular weight excluding hydrogens is 222 g/mol. The number of carbonyl (C=O) groups excluding carboxylic acids is 1. The van der Waals surface area contributed by atoms with Gasteiger partial charge in [0.25, 0.3) is 5.91 Å². The molecular formula is C11H17N3O3. The van der Waals surface area contributed by atoms with E-state index >= 15 is 0 Å². The van der Waals surface area contributed by atoms with Crippen molar-refractivity contribution in [2.24, 2.45) is 0 Å². The van der Waals surface area contributed by atoms with E-state index in [0.717, 1.165) is 18.7 Å². The van der Waals surface area contributed by atoms with Crippen molar-refractivity contribution in [3.8, 4) is 0 Å². The highest BCUT2D eigenvalue weighted by Gasteiger charge is 2.21. The first-order valence-electron chi connectivity index (χ1n) is 5.83. The highest BCUT2D eigenvalue weighted by molar-refractivity contribution is 5.81. The van der Waals surface area contributed by atoms with Crippen LogP contribution in [-0.2, 0) is 22.5 Å². The van der Waals surface area contributed by atoms with Gasteiger partial charge in [0.05, 0.1) is 19.3 Å². The molecule has 6 heteroatoms. The highest BCUT2D eigenvalue weighted by Crippen LogP contribution is 2.04. The van der Waals surface area contributed by atoms with Gasteiger partial charge in [-0.3, -0.25) is 4.79 Å². The fraction of sp³-hybridized carbons (Fsp3) is 0.636. The molecule has 1 aliphatic heterocycles. The van der Waals surface area contributed by atoms with Crippen LogP contribution >= 0.6 is 0 Å². The summed E-state index contributed by atoms with van der Waals surface area (Å²) in [5.74, 6) is 1.22. The second-order valence-electron chi connectivity index (χ2n) is 3.86. The fourth-order valence-electron chi connectivity index (χ4n) is 1.60. The number of aromatic nitrogens is 1. The molecule has 1 aromatic heterocycles. The molecule has 2 N–H and O–H groups in total. The number of morpholine rings is 1. The molecule has 1 unspecified atom stereocenters. The van der Waals surface area contributed by atoms with E-state index in [-0.39, 0.29) is 5.91 Å². The molecule has 1 atom stereocenters. The van der Waals surface area contributed by atoms with Crippen LogP contribution in [-0.4, -0.2) is 36.7 Å². The zero-order chi connectivity index (χ0) is 12.1. The minimum atomic E-state index is -0.413. The van der Waals surface area contributed by atoms with Gasteiger partial charge in [-0.25, -0.2) is 4.98 Å². The summed E-state index contributed by atoms with van der Waals surface area (Å²) in [6, 6.07) is 0. The molecule has 1 saturated heterocycles. The Balaban J connectivity index is 1.78. The largest absolute Gasteiger partial charge is 0.444 e. The molecule has 1 aromatic rings. The second kappa shape index (κ2) is 5.79. The number of nitrogens with one attached hydrogen (secondary N) is 2. The van der Waals surface area contributed by atoms with Gasteiger partial charge in [-0.2, -0.15) is 0 Å². The molecule has 0 bridgehead atoms. The molecule has 0 aliphatic carbocycles. The van der Waals surface area contributed by atoms with Crippen LogP contribution in [0.1, 0.15) is 18.6 Å². The van der Waals surface area contributed by atoms with Crippen LogP contribution < -0.4 is 10.6 Å². The normalized spacial score (nSPS) is 20.2. The molecule has 0 radical (unpaired) electrons. The Morgan fingerprint density at radius 2 is 2.59 bits per heavy atom. The zero-order valence-electron chi connectivity index (χ0n) is 9.86. The molecule has 94 valence electrons. The first-order valence-corrected chi connectivity index (χ1v) is 5.83. The molecule has 0 saturated carbocycles. The van der Waals surface area contributed by atoms with E-state index in [1.807, 2.05) is 6.92 Å². The van der Waals surface area contributed by atoms with Gasteiger partial charge in [0.15, 0.2) is 0 Å². The lowest BCUT2D eigenvalue weighted by Crippen LogP contribution is -2.47. The maximum Gasteiger partial charge on any atom is 0.250 e. The molecule has 0 aromatic carbocycles. The number of aryl methyl sites for hydroxylation is 1. The van der Waals surface area contributed by atoms with Crippen LogP contribution in [0.4, 0.5) is 0 Å². The molecule has 1 fully saturated rings. The third-order valence-corrected chi connectivity index (χ3v) is 2.58. The lowest BCUT2D eigenvalue weighted by atomic mass is 10.3. The summed E-state index contributed by atoms with van der Waals surface area (Å²) < 4.78 is 10.7. The lowest BCUT2D eigenvalue weighted by molar-refractivity contribution is -0.134. The molecule has 1 amide bonds. The Morgan fingerprint density at radius 1 is 1.71 bits per heavy atom. The first-order chi connectivity index (χ1) is 8.29. The van der Waals surface area contributed by atoms with Crippen LogP contribution in [0.5, 0.6) is 0 Å². The number of hydrogen-bond donors (Lipinski definition) is 2. The van der Waals surface area contributed by atoms with Gasteiger partial charge in [-0.15, -0.1) is 0 Å². The smallest absolute Gasteiger partial charge is 0.250 e. The zero-order valence-corrected chi connectivity index (χ0v) is 9.86. The van der Waals surface area contributed by atoms with Gasteiger partial charge in [-0.05, 0) is 0 Å². The van der Waals surface area contributed by atoms with E-state index in [0.29, 0.717) is 25.6 Å². The third-order valence-electron chi connectivity index (χ3n) is 2.58. The van der Waals surface area contributed by atoms with Crippen molar-refractivity contribution < 1.29 is 13.9 Å². The summed E-state index contributed by atoms with van der Waals surface area (Å²) >= 11 is 0. The Hall–Kier alpha value is -1.40. The Bertz CT molecular complexity index is 372. The quantitative estimate of drug-likeness (QED) is 0.763. The number of amides is 1. The van der Waals surface area contributed by atoms with Crippen molar-refractivity contribution >= 4 is 5.91 Å². The van der Waals surface area contributed by atoms with Gasteiger partial charge in [0.1, 0.15) is 11.9 Å². The monoisotopic (exact) mass is 239 g/mol. The van der Waals surface area contributed by atoms with Crippen molar-refractivity contribution in [1.29, 1.82) is 0 Å². The van der Waals surface area contributed by atoms with Crippen molar-refractivity contribution in [2.45, 2.75) is 26.0 Å². The van der Waals surface area contributed by atoms with Gasteiger partial charge >= 0.3 is 0 Å². The van der Waals surface area contributed by atoms with Gasteiger partial charge < -0.3 is 19.8 Å². The van der Waals surface area contributed by atoms with E-state index in [2.05, 4.69) is 15.6 Å². The van der Waals surface area contributed by atoms with Gasteiger partial charge in [0, 0.05) is 19.5 Å². The maximum atomic E-state index is 11.7. The summed E-state index contributed by atoms with van der Waals surface area (Å²) in [6.45, 7) is 4.21. The minimum Gasteiger partial charge on any atom is -0.444 e. The Morgan fingerprint density at radius 3 is 3.24 bits per heavy atom. The topological polar surface area (TPSA) is 76.4 Å². The maximum absolute atomic E-state index is 11.7. The van der Waals surface area contributed by atoms with Crippen LogP contribution in [0.2, 0.25) is 0 Å². The van der Waals surface area contributed by atoms with Crippen LogP contribution in [0.3, 0.4) is 0 Å². The van der Waals surface area contributed by atoms with Gasteiger partial charge in [0.2, 0.25) is 5.89 Å². The van der Waals surface area contributed by atoms with Crippen molar-refractivity contribution in [3.05, 3.63) is 17.8 Å². The van der Waals surface area contributed by atoms with E-state index in [1.165, 1.54) is 0 Å². The van der Waals surface area contributed by atoms with Crippen LogP contribution in [0, 0.1) is 0 Å². The van der Waals surface area contributed by atoms with Crippen LogP contribution in [0.25, 0.3) is 0 Å². The second-order valence-corrected chi connectivity index (χ2v) is 3.86. The summed E-state index contributed by atoms with van der Waals surface area (Å²) in [6.07, 6.45) is 2.07. The SMILES string of the molecule is CCc1cnc(CNC(=O)C2CNCCO2)o1. The van der Waals surface area contributed by atoms with E-state index in [9.17, 15) is 4.79 Å². The highest BCUT2D eigenvalue weighted by atomic mass is 16.5. The van der Waals surface area contributed by atoms with Crippen molar-refractivity contribution in [1.82, 2.24) is 15.6 Å². The molecule has 6 nitrogen and oxygen atoms in total. The van der Waals surface area contributed by atoms with E-state index < -0.39 is 6.10 Å². The number of hydrogen-bond acceptors (Lipinski definition) is 5. The Labute approximate surface area is 99.7 Å². The number of nitrogens with zero attached hydrogens (tertiary/aromatic N) is 1.